The van der Waals surface area contributed by atoms with Crippen LogP contribution in [-0.2, 0) is 57.6 Å². The number of para-hydroxylation sites is 1. The maximum atomic E-state index is 14.7. The third kappa shape index (κ3) is 17.2. The van der Waals surface area contributed by atoms with E-state index in [0.717, 1.165) is 45.0 Å². The summed E-state index contributed by atoms with van der Waals surface area (Å²) in [7, 11) is 1.86. The monoisotopic (exact) mass is 1050 g/mol. The first kappa shape index (κ1) is 57.2. The molecule has 22 nitrogen and oxygen atoms in total. The van der Waals surface area contributed by atoms with Crippen molar-refractivity contribution in [2.24, 2.45) is 11.5 Å². The number of nitrogens with one attached hydrogen (secondary N) is 8. The van der Waals surface area contributed by atoms with Crippen LogP contribution in [0.15, 0.2) is 85.1 Å². The number of carboxylic acid groups (broad SMARTS) is 1. The van der Waals surface area contributed by atoms with Gasteiger partial charge in [-0.3, -0.25) is 33.6 Å². The molecule has 10 atom stereocenters. The number of H-pyrrole nitrogens is 1. The number of amides is 7. The molecule has 1 aromatic heterocycles. The molecule has 2 heterocycles. The van der Waals surface area contributed by atoms with Crippen molar-refractivity contribution in [2.45, 2.75) is 113 Å². The van der Waals surface area contributed by atoms with Crippen LogP contribution in [0.3, 0.4) is 0 Å². The molecule has 0 bridgehead atoms. The summed E-state index contributed by atoms with van der Waals surface area (Å²) in [6, 6.07) is 9.98. The molecular weight excluding hydrogens is 985 g/mol. The van der Waals surface area contributed by atoms with Gasteiger partial charge in [-0.1, -0.05) is 82.3 Å². The third-order valence-electron chi connectivity index (χ3n) is 11.9. The number of unbranched alkanes of at least 4 members (excludes halogenated alkanes) is 1. The number of hydrogen-bond acceptors (Lipinski definition) is 15. The second-order valence-electron chi connectivity index (χ2n) is 17.7. The Morgan fingerprint density at radius 1 is 0.726 bits per heavy atom. The summed E-state index contributed by atoms with van der Waals surface area (Å²) in [5, 5.41) is 59.6. The first-order valence-corrected chi connectivity index (χ1v) is 26.1. The second kappa shape index (κ2) is 27.9. The van der Waals surface area contributed by atoms with Crippen LogP contribution in [-0.4, -0.2) is 151 Å². The number of fused-ring (bicyclic) bond motifs is 1. The smallest absolute Gasteiger partial charge is 0.328 e. The largest absolute Gasteiger partial charge is 0.508 e. The van der Waals surface area contributed by atoms with Crippen LogP contribution in [0.2, 0.25) is 0 Å². The Labute approximate surface area is 429 Å². The number of aromatic hydroxyl groups is 1. The molecule has 73 heavy (non-hydrogen) atoms. The number of aliphatic carboxylic acids is 1. The molecule has 0 unspecified atom stereocenters. The van der Waals surface area contributed by atoms with Crippen molar-refractivity contribution in [1.29, 1.82) is 0 Å². The fourth-order valence-corrected chi connectivity index (χ4v) is 10.1. The van der Waals surface area contributed by atoms with E-state index in [1.807, 2.05) is 18.2 Å². The van der Waals surface area contributed by atoms with E-state index in [1.165, 1.54) is 31.2 Å². The molecule has 0 aliphatic carbocycles. The van der Waals surface area contributed by atoms with Crippen LogP contribution in [0.25, 0.3) is 10.9 Å². The molecule has 0 saturated carbocycles. The Bertz CT molecular complexity index is 2530. The van der Waals surface area contributed by atoms with E-state index in [9.17, 15) is 58.8 Å². The molecule has 3 aromatic carbocycles. The van der Waals surface area contributed by atoms with Gasteiger partial charge in [-0.25, -0.2) is 4.79 Å². The molecule has 16 N–H and O–H groups in total. The lowest BCUT2D eigenvalue weighted by molar-refractivity contribution is -0.145. The van der Waals surface area contributed by atoms with Crippen molar-refractivity contribution in [3.63, 3.8) is 0 Å². The quantitative estimate of drug-likeness (QED) is 0.0445. The lowest BCUT2D eigenvalue weighted by Crippen LogP contribution is -2.62. The molecule has 24 heteroatoms. The number of carbonyl (C=O) groups is 8. The maximum Gasteiger partial charge on any atom is 0.328 e. The van der Waals surface area contributed by atoms with E-state index >= 15 is 0 Å². The van der Waals surface area contributed by atoms with Gasteiger partial charge in [0.1, 0.15) is 42.0 Å². The van der Waals surface area contributed by atoms with Crippen LogP contribution in [0.5, 0.6) is 5.75 Å². The normalized spacial score (nSPS) is 22.5. The summed E-state index contributed by atoms with van der Waals surface area (Å²) >= 11 is 0. The lowest BCUT2D eigenvalue weighted by Gasteiger charge is -2.29. The maximum absolute atomic E-state index is 14.7. The van der Waals surface area contributed by atoms with Crippen molar-refractivity contribution in [2.75, 3.05) is 18.1 Å². The Morgan fingerprint density at radius 2 is 1.34 bits per heavy atom. The minimum absolute atomic E-state index is 0.0207. The zero-order valence-electron chi connectivity index (χ0n) is 40.2. The second-order valence-corrected chi connectivity index (χ2v) is 20.2. The number of aromatic nitrogens is 1. The van der Waals surface area contributed by atoms with Gasteiger partial charge < -0.3 is 74.1 Å². The SMILES string of the molecule is C[C@@H](O)[C@H](NC(=O)[C@H]1CSSC[C@H](NC(=O)[C@H](N)Cc2ccccc2)C(=O)N[C@@H](Cc2ccc(O)cc2)C(=O)N[C@H](Cc2c[nH]c3ccccc23)C(=O)N[C@@H](CCCCN)C(=O)N[C@H]([C@@H](C)O)C(=O)N1)C(=O)O. The molecule has 4 aromatic rings. The third-order valence-corrected chi connectivity index (χ3v) is 14.3. The minimum atomic E-state index is -1.82. The van der Waals surface area contributed by atoms with Gasteiger partial charge in [0.25, 0.3) is 0 Å². The molecule has 5 rings (SSSR count). The van der Waals surface area contributed by atoms with E-state index in [-0.39, 0.29) is 49.5 Å². The zero-order chi connectivity index (χ0) is 53.2. The highest BCUT2D eigenvalue weighted by atomic mass is 33.1. The number of carbonyl (C=O) groups excluding carboxylic acids is 7. The highest BCUT2D eigenvalue weighted by Gasteiger charge is 2.37. The summed E-state index contributed by atoms with van der Waals surface area (Å²) in [4.78, 5) is 115. The van der Waals surface area contributed by atoms with Crippen molar-refractivity contribution >= 4 is 79.8 Å². The number of aromatic amines is 1. The van der Waals surface area contributed by atoms with Crippen LogP contribution < -0.4 is 48.7 Å². The van der Waals surface area contributed by atoms with Crippen LogP contribution in [0, 0.1) is 0 Å². The number of hydrogen-bond donors (Lipinski definition) is 14. The predicted octanol–water partition coefficient (Wildman–Crippen LogP) is -1.01. The molecular formula is C49H64N10O12S2. The lowest BCUT2D eigenvalue weighted by atomic mass is 10.0. The van der Waals surface area contributed by atoms with Crippen LogP contribution >= 0.6 is 21.6 Å². The van der Waals surface area contributed by atoms with Gasteiger partial charge in [0.15, 0.2) is 6.04 Å². The van der Waals surface area contributed by atoms with E-state index in [4.69, 9.17) is 11.5 Å². The van der Waals surface area contributed by atoms with Crippen molar-refractivity contribution in [1.82, 2.24) is 42.2 Å². The van der Waals surface area contributed by atoms with Gasteiger partial charge in [-0.05, 0) is 81.0 Å². The number of phenols is 1. The van der Waals surface area contributed by atoms with Crippen LogP contribution in [0.1, 0.15) is 49.8 Å². The van der Waals surface area contributed by atoms with Crippen LogP contribution in [0.4, 0.5) is 0 Å². The topological polar surface area (TPSA) is 370 Å². The molecule has 1 aliphatic heterocycles. The number of nitrogens with two attached hydrogens (primary N) is 2. The van der Waals surface area contributed by atoms with Gasteiger partial charge in [0, 0.05) is 41.4 Å². The summed E-state index contributed by atoms with van der Waals surface area (Å²) < 4.78 is 0. The standard InChI is InChI=1S/C49H64N10O12S2/c1-26(60)40-48(69)57-39(47(68)59-41(27(2)61)49(70)71)25-73-72-24-38(56-42(63)33(51)20-28-10-4-3-5-11-28)46(67)54-36(21-29-15-17-31(62)18-16-29)44(65)55-37(22-30-23-52-34-13-7-6-12-32(30)34)45(66)53-35(43(64)58-40)14-8-9-19-50/h3-7,10-13,15-18,23,26-27,33,35-41,52,60-62H,8-9,14,19-22,24-25,50-51H2,1-2H3,(H,53,66)(H,54,67)(H,55,65)(H,56,63)(H,57,69)(H,58,64)(H,59,68)(H,70,71)/t26-,27-,33-,35+,36+,37-,38+,39-,40-,41+/m1/s1. The number of carboxylic acids is 1. The zero-order valence-corrected chi connectivity index (χ0v) is 41.9. The molecule has 0 radical (unpaired) electrons. The summed E-state index contributed by atoms with van der Waals surface area (Å²) in [6.45, 7) is 2.56. The van der Waals surface area contributed by atoms with Crippen molar-refractivity contribution < 1.29 is 58.8 Å². The van der Waals surface area contributed by atoms with E-state index in [2.05, 4.69) is 42.2 Å². The Balaban J connectivity index is 1.58. The minimum Gasteiger partial charge on any atom is -0.508 e. The van der Waals surface area contributed by atoms with Gasteiger partial charge in [-0.2, -0.15) is 0 Å². The molecule has 1 aliphatic rings. The predicted molar refractivity (Wildman–Crippen MR) is 274 cm³/mol. The van der Waals surface area contributed by atoms with E-state index < -0.39 is 108 Å². The number of phenolic OH excluding ortho intramolecular Hbond substituents is 1. The van der Waals surface area contributed by atoms with Gasteiger partial charge in [0.05, 0.1) is 18.2 Å². The Kier molecular flexibility index (Phi) is 21.9. The molecule has 394 valence electrons. The molecule has 7 amide bonds. The van der Waals surface area contributed by atoms with Gasteiger partial charge in [-0.15, -0.1) is 0 Å². The van der Waals surface area contributed by atoms with E-state index in [0.29, 0.717) is 24.0 Å². The Morgan fingerprint density at radius 3 is 2.00 bits per heavy atom. The summed E-state index contributed by atoms with van der Waals surface area (Å²) in [5.74, 6) is -8.59. The highest BCUT2D eigenvalue weighted by Crippen LogP contribution is 2.25. The first-order valence-electron chi connectivity index (χ1n) is 23.6. The van der Waals surface area contributed by atoms with Crippen molar-refractivity contribution in [3.05, 3.63) is 102 Å². The van der Waals surface area contributed by atoms with Crippen molar-refractivity contribution in [3.8, 4) is 5.75 Å². The first-order chi connectivity index (χ1) is 34.8. The summed E-state index contributed by atoms with van der Waals surface area (Å²) in [6.07, 6.45) is -1.03. The molecule has 1 fully saturated rings. The number of benzene rings is 3. The number of aliphatic hydroxyl groups is 2. The molecule has 1 saturated heterocycles. The number of aliphatic hydroxyl groups excluding tert-OH is 2. The summed E-state index contributed by atoms with van der Waals surface area (Å²) in [5.41, 5.74) is 14.7. The number of rotatable bonds is 17. The van der Waals surface area contributed by atoms with Gasteiger partial charge in [0.2, 0.25) is 41.4 Å². The molecule has 0 spiro atoms. The van der Waals surface area contributed by atoms with E-state index in [1.54, 1.807) is 42.6 Å². The van der Waals surface area contributed by atoms with Gasteiger partial charge >= 0.3 is 5.97 Å². The average Bonchev–Trinajstić information content (AvgIpc) is 3.76. The fourth-order valence-electron chi connectivity index (χ4n) is 7.79. The fraction of sp³-hybridized carbons (Fsp3) is 0.429. The average molecular weight is 1050 g/mol. The Hall–Kier alpha value is -6.70. The highest BCUT2D eigenvalue weighted by molar-refractivity contribution is 8.76.